The van der Waals surface area contributed by atoms with Gasteiger partial charge in [0, 0.05) is 36.8 Å². The van der Waals surface area contributed by atoms with Gasteiger partial charge in [-0.1, -0.05) is 6.92 Å². The summed E-state index contributed by atoms with van der Waals surface area (Å²) in [6, 6.07) is 6.49. The number of nitrogens with zero attached hydrogens (tertiary/aromatic N) is 3. The van der Waals surface area contributed by atoms with Crippen molar-refractivity contribution < 1.29 is 4.79 Å². The van der Waals surface area contributed by atoms with Gasteiger partial charge in [-0.25, -0.2) is 0 Å². The van der Waals surface area contributed by atoms with Gasteiger partial charge >= 0.3 is 0 Å². The van der Waals surface area contributed by atoms with Crippen LogP contribution in [-0.2, 0) is 20.0 Å². The molecule has 5 heteroatoms. The largest absolute Gasteiger partial charge is 0.382 e. The molecule has 2 aromatic rings. The zero-order chi connectivity index (χ0) is 17.0. The van der Waals surface area contributed by atoms with E-state index in [4.69, 9.17) is 5.73 Å². The van der Waals surface area contributed by atoms with Crippen LogP contribution < -0.4 is 5.73 Å². The lowest BCUT2D eigenvalue weighted by Crippen LogP contribution is -2.34. The van der Waals surface area contributed by atoms with Crippen LogP contribution in [0.2, 0.25) is 0 Å². The van der Waals surface area contributed by atoms with Gasteiger partial charge in [-0.05, 0) is 55.4 Å². The highest BCUT2D eigenvalue weighted by molar-refractivity contribution is 6.00. The van der Waals surface area contributed by atoms with Crippen LogP contribution in [0.5, 0.6) is 0 Å². The Balaban J connectivity index is 1.77. The fourth-order valence-corrected chi connectivity index (χ4v) is 3.91. The molecule has 0 saturated heterocycles. The molecule has 24 heavy (non-hydrogen) atoms. The normalized spacial score (nSPS) is 18.1. The number of anilines is 1. The number of amides is 1. The molecule has 2 heterocycles. The van der Waals surface area contributed by atoms with Crippen LogP contribution in [0.4, 0.5) is 5.82 Å². The van der Waals surface area contributed by atoms with Crippen molar-refractivity contribution in [2.45, 2.75) is 45.7 Å². The molecule has 1 amide bonds. The fraction of sp³-hybridized carbons (Fsp3) is 0.474. The summed E-state index contributed by atoms with van der Waals surface area (Å²) in [5.74, 6) is 1.41. The minimum Gasteiger partial charge on any atom is -0.382 e. The summed E-state index contributed by atoms with van der Waals surface area (Å²) in [6.45, 7) is 5.02. The van der Waals surface area contributed by atoms with Crippen molar-refractivity contribution in [1.82, 2.24) is 14.7 Å². The van der Waals surface area contributed by atoms with Gasteiger partial charge < -0.3 is 10.6 Å². The summed E-state index contributed by atoms with van der Waals surface area (Å²) in [4.78, 5) is 15.0. The highest BCUT2D eigenvalue weighted by Gasteiger charge is 2.39. The second-order valence-electron chi connectivity index (χ2n) is 7.11. The Morgan fingerprint density at radius 3 is 2.67 bits per heavy atom. The fourth-order valence-electron chi connectivity index (χ4n) is 3.91. The van der Waals surface area contributed by atoms with E-state index >= 15 is 0 Å². The summed E-state index contributed by atoms with van der Waals surface area (Å²) >= 11 is 0. The second-order valence-corrected chi connectivity index (χ2v) is 7.11. The molecule has 1 aromatic carbocycles. The highest BCUT2D eigenvalue weighted by Crippen LogP contribution is 2.40. The average Bonchev–Trinajstić information content (AvgIpc) is 3.28. The molecule has 1 aromatic heterocycles. The Labute approximate surface area is 142 Å². The number of aryl methyl sites for hydroxylation is 2. The Bertz CT molecular complexity index is 819. The van der Waals surface area contributed by atoms with Crippen molar-refractivity contribution in [2.75, 3.05) is 5.73 Å². The molecular weight excluding hydrogens is 300 g/mol. The van der Waals surface area contributed by atoms with E-state index in [-0.39, 0.29) is 5.91 Å². The highest BCUT2D eigenvalue weighted by atomic mass is 16.2. The first-order valence-electron chi connectivity index (χ1n) is 8.76. The van der Waals surface area contributed by atoms with Crippen LogP contribution in [0.3, 0.4) is 0 Å². The van der Waals surface area contributed by atoms with E-state index in [0.717, 1.165) is 40.9 Å². The smallest absolute Gasteiger partial charge is 0.255 e. The number of rotatable bonds is 4. The van der Waals surface area contributed by atoms with Crippen molar-refractivity contribution in [2.24, 2.45) is 13.0 Å². The molecule has 1 atom stereocenters. The maximum absolute atomic E-state index is 13.0. The lowest BCUT2D eigenvalue weighted by atomic mass is 9.96. The number of hydrogen-bond acceptors (Lipinski definition) is 3. The molecule has 0 bridgehead atoms. The van der Waals surface area contributed by atoms with E-state index in [1.807, 2.05) is 13.1 Å². The molecule has 126 valence electrons. The van der Waals surface area contributed by atoms with Crippen LogP contribution in [-0.4, -0.2) is 26.6 Å². The molecule has 2 aliphatic rings. The number of fused-ring (bicyclic) bond motifs is 1. The minimum atomic E-state index is 0.206. The third-order valence-electron chi connectivity index (χ3n) is 5.49. The maximum Gasteiger partial charge on any atom is 0.255 e. The van der Waals surface area contributed by atoms with E-state index in [1.165, 1.54) is 12.8 Å². The molecule has 5 nitrogen and oxygen atoms in total. The van der Waals surface area contributed by atoms with Crippen molar-refractivity contribution in [1.29, 1.82) is 0 Å². The number of hydrogen-bond donors (Lipinski definition) is 1. The van der Waals surface area contributed by atoms with Gasteiger partial charge in [0.25, 0.3) is 5.91 Å². The number of benzene rings is 1. The number of nitrogen functional groups attached to an aromatic ring is 1. The SMILES string of the molecule is CCc1cc(-c2cc(N)nn2C)cc2c1C(=O)N(C(C)C1CC1)C2. The Kier molecular flexibility index (Phi) is 3.41. The number of carbonyl (C=O) groups excluding carboxylic acids is 1. The summed E-state index contributed by atoms with van der Waals surface area (Å²) in [5, 5.41) is 4.24. The standard InChI is InChI=1S/C19H24N4O/c1-4-12-7-14(16-9-17(20)21-22(16)3)8-15-10-23(19(24)18(12)15)11(2)13-5-6-13/h7-9,11,13H,4-6,10H2,1-3H3,(H2,20,21). The molecular formula is C19H24N4O. The number of carbonyl (C=O) groups is 1. The Hall–Kier alpha value is -2.30. The molecule has 1 unspecified atom stereocenters. The molecule has 1 aliphatic heterocycles. The maximum atomic E-state index is 13.0. The summed E-state index contributed by atoms with van der Waals surface area (Å²) < 4.78 is 1.80. The van der Waals surface area contributed by atoms with Crippen molar-refractivity contribution in [3.05, 3.63) is 34.9 Å². The topological polar surface area (TPSA) is 64.1 Å². The van der Waals surface area contributed by atoms with Gasteiger partial charge in [0.1, 0.15) is 5.82 Å². The van der Waals surface area contributed by atoms with Crippen LogP contribution >= 0.6 is 0 Å². The zero-order valence-corrected chi connectivity index (χ0v) is 14.5. The summed E-state index contributed by atoms with van der Waals surface area (Å²) in [5.41, 5.74) is 11.1. The third-order valence-corrected chi connectivity index (χ3v) is 5.49. The Morgan fingerprint density at radius 1 is 1.33 bits per heavy atom. The number of nitrogens with two attached hydrogens (primary N) is 1. The first-order valence-corrected chi connectivity index (χ1v) is 8.76. The predicted octanol–water partition coefficient (Wildman–Crippen LogP) is 2.99. The number of aromatic nitrogens is 2. The lowest BCUT2D eigenvalue weighted by Gasteiger charge is -2.24. The summed E-state index contributed by atoms with van der Waals surface area (Å²) in [6.07, 6.45) is 3.35. The summed E-state index contributed by atoms with van der Waals surface area (Å²) in [7, 11) is 1.90. The van der Waals surface area contributed by atoms with Crippen molar-refractivity contribution in [3.8, 4) is 11.3 Å². The van der Waals surface area contributed by atoms with E-state index in [9.17, 15) is 4.79 Å². The van der Waals surface area contributed by atoms with Crippen LogP contribution in [0, 0.1) is 5.92 Å². The molecule has 4 rings (SSSR count). The quantitative estimate of drug-likeness (QED) is 0.940. The zero-order valence-electron chi connectivity index (χ0n) is 14.5. The van der Waals surface area contributed by atoms with Gasteiger partial charge in [0.05, 0.1) is 5.69 Å². The Morgan fingerprint density at radius 2 is 2.08 bits per heavy atom. The molecule has 2 N–H and O–H groups in total. The van der Waals surface area contributed by atoms with Crippen LogP contribution in [0.1, 0.15) is 48.2 Å². The monoisotopic (exact) mass is 324 g/mol. The molecule has 0 radical (unpaired) electrons. The van der Waals surface area contributed by atoms with E-state index in [0.29, 0.717) is 17.8 Å². The van der Waals surface area contributed by atoms with Gasteiger partial charge in [-0.15, -0.1) is 0 Å². The van der Waals surface area contributed by atoms with Crippen LogP contribution in [0.25, 0.3) is 11.3 Å². The third kappa shape index (κ3) is 2.30. The average molecular weight is 324 g/mol. The van der Waals surface area contributed by atoms with Crippen molar-refractivity contribution >= 4 is 11.7 Å². The van der Waals surface area contributed by atoms with Crippen molar-refractivity contribution in [3.63, 3.8) is 0 Å². The van der Waals surface area contributed by atoms with Gasteiger partial charge in [-0.2, -0.15) is 5.10 Å². The molecule has 1 saturated carbocycles. The first kappa shape index (κ1) is 15.2. The minimum absolute atomic E-state index is 0.206. The van der Waals surface area contributed by atoms with Gasteiger partial charge in [-0.3, -0.25) is 9.48 Å². The first-order chi connectivity index (χ1) is 11.5. The van der Waals surface area contributed by atoms with E-state index in [2.05, 4.69) is 36.0 Å². The second kappa shape index (κ2) is 5.36. The van der Waals surface area contributed by atoms with E-state index < -0.39 is 0 Å². The molecule has 1 fully saturated rings. The van der Waals surface area contributed by atoms with Gasteiger partial charge in [0.15, 0.2) is 0 Å². The lowest BCUT2D eigenvalue weighted by molar-refractivity contribution is 0.0697. The molecule has 0 spiro atoms. The van der Waals surface area contributed by atoms with Crippen LogP contribution in [0.15, 0.2) is 18.2 Å². The van der Waals surface area contributed by atoms with Gasteiger partial charge in [0.2, 0.25) is 0 Å². The predicted molar refractivity (Wildman–Crippen MR) is 94.5 cm³/mol. The van der Waals surface area contributed by atoms with E-state index in [1.54, 1.807) is 4.68 Å². The molecule has 1 aliphatic carbocycles.